The zero-order valence-electron chi connectivity index (χ0n) is 21.0. The third-order valence-electron chi connectivity index (χ3n) is 7.33. The van der Waals surface area contributed by atoms with Gasteiger partial charge in [0.15, 0.2) is 5.76 Å². The predicted octanol–water partition coefficient (Wildman–Crippen LogP) is 7.05. The highest BCUT2D eigenvalue weighted by molar-refractivity contribution is 5.87. The molecule has 1 aliphatic rings. The number of pyridine rings is 1. The van der Waals surface area contributed by atoms with Gasteiger partial charge in [0.25, 0.3) is 0 Å². The fourth-order valence-corrected chi connectivity index (χ4v) is 5.01. The molecule has 0 N–H and O–H groups in total. The molecule has 2 heterocycles. The molecule has 0 spiro atoms. The molecule has 3 aromatic carbocycles. The van der Waals surface area contributed by atoms with E-state index in [-0.39, 0.29) is 5.97 Å². The van der Waals surface area contributed by atoms with Crippen molar-refractivity contribution in [1.29, 1.82) is 0 Å². The third kappa shape index (κ3) is 4.31. The molecule has 5 aromatic rings. The number of fused-ring (bicyclic) bond motifs is 1. The molecule has 184 valence electrons. The van der Waals surface area contributed by atoms with Gasteiger partial charge in [-0.05, 0) is 55.5 Å². The number of aromatic nitrogens is 2. The van der Waals surface area contributed by atoms with Gasteiger partial charge in [0.05, 0.1) is 23.2 Å². The minimum atomic E-state index is -0.446. The van der Waals surface area contributed by atoms with E-state index in [0.717, 1.165) is 68.7 Å². The van der Waals surface area contributed by atoms with Crippen LogP contribution in [0.4, 0.5) is 0 Å². The summed E-state index contributed by atoms with van der Waals surface area (Å²) in [5.74, 6) is 0.670. The Morgan fingerprint density at radius 2 is 1.57 bits per heavy atom. The molecule has 5 nitrogen and oxygen atoms in total. The molecule has 0 saturated heterocycles. The highest BCUT2D eigenvalue weighted by Crippen LogP contribution is 2.49. The van der Waals surface area contributed by atoms with E-state index in [2.05, 4.69) is 71.9 Å². The SMILES string of the molecule is CCOC(=O)C1(c2ccc(-c3ccc(-c4onc(C)c4Cc4ccc5ccccc5n4)cc3)cc2)CC1. The second-order valence-corrected chi connectivity index (χ2v) is 9.71. The van der Waals surface area contributed by atoms with Gasteiger partial charge in [-0.1, -0.05) is 78.0 Å². The number of ether oxygens (including phenoxy) is 1. The van der Waals surface area contributed by atoms with Gasteiger partial charge in [-0.25, -0.2) is 0 Å². The van der Waals surface area contributed by atoms with Crippen LogP contribution in [0.2, 0.25) is 0 Å². The van der Waals surface area contributed by atoms with Gasteiger partial charge < -0.3 is 9.26 Å². The first kappa shape index (κ1) is 23.2. The van der Waals surface area contributed by atoms with Crippen molar-refractivity contribution in [2.75, 3.05) is 6.61 Å². The number of hydrogen-bond donors (Lipinski definition) is 0. The molecular formula is C32H28N2O3. The van der Waals surface area contributed by atoms with Crippen molar-refractivity contribution < 1.29 is 14.1 Å². The van der Waals surface area contributed by atoms with Gasteiger partial charge in [-0.3, -0.25) is 9.78 Å². The predicted molar refractivity (Wildman–Crippen MR) is 144 cm³/mol. The summed E-state index contributed by atoms with van der Waals surface area (Å²) >= 11 is 0. The summed E-state index contributed by atoms with van der Waals surface area (Å²) in [7, 11) is 0. The number of aryl methyl sites for hydroxylation is 1. The van der Waals surface area contributed by atoms with Crippen LogP contribution >= 0.6 is 0 Å². The molecule has 37 heavy (non-hydrogen) atoms. The Bertz CT molecular complexity index is 1580. The van der Waals surface area contributed by atoms with Crippen LogP contribution in [0, 0.1) is 6.92 Å². The molecule has 1 fully saturated rings. The molecule has 6 rings (SSSR count). The topological polar surface area (TPSA) is 65.2 Å². The second-order valence-electron chi connectivity index (χ2n) is 9.71. The minimum absolute atomic E-state index is 0.107. The van der Waals surface area contributed by atoms with E-state index < -0.39 is 5.41 Å². The van der Waals surface area contributed by atoms with E-state index in [1.54, 1.807) is 0 Å². The van der Waals surface area contributed by atoms with Crippen LogP contribution < -0.4 is 0 Å². The molecule has 0 bridgehead atoms. The Balaban J connectivity index is 1.23. The fraction of sp³-hybridized carbons (Fsp3) is 0.219. The minimum Gasteiger partial charge on any atom is -0.465 e. The zero-order valence-corrected chi connectivity index (χ0v) is 21.0. The maximum Gasteiger partial charge on any atom is 0.316 e. The Morgan fingerprint density at radius 3 is 2.27 bits per heavy atom. The number of rotatable bonds is 7. The maximum atomic E-state index is 12.4. The zero-order chi connectivity index (χ0) is 25.4. The van der Waals surface area contributed by atoms with Crippen LogP contribution in [0.15, 0.2) is 89.5 Å². The van der Waals surface area contributed by atoms with Gasteiger partial charge in [-0.2, -0.15) is 0 Å². The lowest BCUT2D eigenvalue weighted by molar-refractivity contribution is -0.146. The van der Waals surface area contributed by atoms with E-state index in [1.807, 2.05) is 32.0 Å². The molecular weight excluding hydrogens is 460 g/mol. The lowest BCUT2D eigenvalue weighted by Gasteiger charge is -2.14. The molecule has 1 saturated carbocycles. The molecule has 0 aliphatic heterocycles. The average Bonchev–Trinajstić information content (AvgIpc) is 3.68. The Morgan fingerprint density at radius 1 is 0.892 bits per heavy atom. The second kappa shape index (κ2) is 9.32. The molecule has 5 heteroatoms. The number of para-hydroxylation sites is 1. The summed E-state index contributed by atoms with van der Waals surface area (Å²) in [5.41, 5.74) is 7.67. The summed E-state index contributed by atoms with van der Waals surface area (Å²) < 4.78 is 11.1. The monoisotopic (exact) mass is 488 g/mol. The standard InChI is InChI=1S/C32H28N2O3/c1-3-36-31(35)32(18-19-32)26-15-12-23(13-16-26)22-8-10-25(11-9-22)30-28(21(2)34-37-30)20-27-17-14-24-6-4-5-7-29(24)33-27/h4-17H,3,18-20H2,1-2H3. The smallest absolute Gasteiger partial charge is 0.316 e. The van der Waals surface area contributed by atoms with Crippen molar-refractivity contribution in [3.8, 4) is 22.5 Å². The number of esters is 1. The van der Waals surface area contributed by atoms with E-state index in [9.17, 15) is 4.79 Å². The van der Waals surface area contributed by atoms with Crippen molar-refractivity contribution in [3.05, 3.63) is 107 Å². The van der Waals surface area contributed by atoms with Gasteiger partial charge in [0.2, 0.25) is 0 Å². The van der Waals surface area contributed by atoms with Crippen molar-refractivity contribution >= 4 is 16.9 Å². The van der Waals surface area contributed by atoms with E-state index in [0.29, 0.717) is 13.0 Å². The number of nitrogens with zero attached hydrogens (tertiary/aromatic N) is 2. The van der Waals surface area contributed by atoms with Crippen LogP contribution in [-0.2, 0) is 21.4 Å². The first-order chi connectivity index (χ1) is 18.1. The molecule has 0 amide bonds. The largest absolute Gasteiger partial charge is 0.465 e. The molecule has 2 aromatic heterocycles. The van der Waals surface area contributed by atoms with Crippen LogP contribution in [0.3, 0.4) is 0 Å². The highest BCUT2D eigenvalue weighted by Gasteiger charge is 2.52. The Labute approximate surface area is 216 Å². The van der Waals surface area contributed by atoms with E-state index in [1.165, 1.54) is 0 Å². The van der Waals surface area contributed by atoms with Crippen LogP contribution in [0.25, 0.3) is 33.4 Å². The van der Waals surface area contributed by atoms with Crippen LogP contribution in [0.5, 0.6) is 0 Å². The fourth-order valence-electron chi connectivity index (χ4n) is 5.01. The molecule has 0 atom stereocenters. The van der Waals surface area contributed by atoms with Gasteiger partial charge in [0, 0.05) is 28.6 Å². The van der Waals surface area contributed by atoms with Crippen molar-refractivity contribution in [1.82, 2.24) is 10.1 Å². The maximum absolute atomic E-state index is 12.4. The Hall–Kier alpha value is -4.25. The summed E-state index contributed by atoms with van der Waals surface area (Å²) in [6.07, 6.45) is 2.36. The summed E-state index contributed by atoms with van der Waals surface area (Å²) in [4.78, 5) is 17.2. The normalized spacial score (nSPS) is 14.0. The number of carbonyl (C=O) groups is 1. The van der Waals surface area contributed by atoms with Crippen LogP contribution in [-0.4, -0.2) is 22.7 Å². The quantitative estimate of drug-likeness (QED) is 0.230. The number of benzene rings is 3. The third-order valence-corrected chi connectivity index (χ3v) is 7.33. The molecule has 0 radical (unpaired) electrons. The lowest BCUT2D eigenvalue weighted by atomic mass is 9.93. The first-order valence-electron chi connectivity index (χ1n) is 12.8. The van der Waals surface area contributed by atoms with Crippen LogP contribution in [0.1, 0.15) is 42.3 Å². The van der Waals surface area contributed by atoms with Gasteiger partial charge >= 0.3 is 5.97 Å². The van der Waals surface area contributed by atoms with Crippen molar-refractivity contribution in [2.45, 2.75) is 38.5 Å². The average molecular weight is 489 g/mol. The molecule has 0 unspecified atom stereocenters. The van der Waals surface area contributed by atoms with Gasteiger partial charge in [0.1, 0.15) is 0 Å². The van der Waals surface area contributed by atoms with Crippen molar-refractivity contribution in [2.24, 2.45) is 0 Å². The Kier molecular flexibility index (Phi) is 5.84. The lowest BCUT2D eigenvalue weighted by Crippen LogP contribution is -2.23. The highest BCUT2D eigenvalue weighted by atomic mass is 16.5. The van der Waals surface area contributed by atoms with E-state index in [4.69, 9.17) is 14.2 Å². The first-order valence-corrected chi connectivity index (χ1v) is 12.8. The number of carbonyl (C=O) groups excluding carboxylic acids is 1. The summed E-state index contributed by atoms with van der Waals surface area (Å²) in [6.45, 7) is 4.24. The number of hydrogen-bond acceptors (Lipinski definition) is 5. The van der Waals surface area contributed by atoms with Crippen molar-refractivity contribution in [3.63, 3.8) is 0 Å². The molecule has 1 aliphatic carbocycles. The summed E-state index contributed by atoms with van der Waals surface area (Å²) in [6, 6.07) is 28.9. The summed E-state index contributed by atoms with van der Waals surface area (Å²) in [5, 5.41) is 5.39. The van der Waals surface area contributed by atoms with Gasteiger partial charge in [-0.15, -0.1) is 0 Å². The van der Waals surface area contributed by atoms with E-state index >= 15 is 0 Å².